The van der Waals surface area contributed by atoms with Crippen molar-refractivity contribution in [1.82, 2.24) is 0 Å². The maximum Gasteiger partial charge on any atom is 0.119 e. The third-order valence-corrected chi connectivity index (χ3v) is 2.92. The molecule has 0 aliphatic heterocycles. The van der Waals surface area contributed by atoms with Crippen molar-refractivity contribution >= 4 is 29.7 Å². The maximum atomic E-state index is 6.02. The molecule has 0 unspecified atom stereocenters. The summed E-state index contributed by atoms with van der Waals surface area (Å²) in [6.45, 7) is 0.628. The highest BCUT2D eigenvalue weighted by atomic mass is 35.5. The molecule has 0 saturated heterocycles. The molecule has 0 amide bonds. The summed E-state index contributed by atoms with van der Waals surface area (Å²) in [7, 11) is 1.64. The summed E-state index contributed by atoms with van der Waals surface area (Å²) in [5.41, 5.74) is 2.04. The van der Waals surface area contributed by atoms with Gasteiger partial charge in [0.05, 0.1) is 19.3 Å². The molecule has 0 aliphatic rings. The molecule has 0 aromatic heterocycles. The second-order valence-corrected chi connectivity index (χ2v) is 4.39. The zero-order valence-electron chi connectivity index (χ0n) is 10.5. The molecular weight excluding hydrogens is 283 g/mol. The molecule has 0 heterocycles. The molecule has 2 rings (SSSR count). The molecule has 19 heavy (non-hydrogen) atoms. The Balaban J connectivity index is 0.00000180. The van der Waals surface area contributed by atoms with Gasteiger partial charge in [0.1, 0.15) is 5.75 Å². The van der Waals surface area contributed by atoms with Gasteiger partial charge in [-0.15, -0.1) is 12.4 Å². The number of methoxy groups -OCH3 is 1. The summed E-state index contributed by atoms with van der Waals surface area (Å²) in [5.74, 6) is 6.83. The highest BCUT2D eigenvalue weighted by molar-refractivity contribution is 6.30. The van der Waals surface area contributed by atoms with Gasteiger partial charge in [-0.05, 0) is 42.0 Å². The first-order valence-corrected chi connectivity index (χ1v) is 5.97. The van der Waals surface area contributed by atoms with Crippen LogP contribution in [0.4, 0.5) is 5.69 Å². The standard InChI is InChI=1S/C14H15ClN2O.ClH/c1-18-14-8-6-13(7-9-14)17(16)10-11-2-4-12(15)5-3-11;/h2-9H,10,16H2,1H3;1H. The third-order valence-electron chi connectivity index (χ3n) is 2.67. The predicted octanol–water partition coefficient (Wildman–Crippen LogP) is 3.65. The molecule has 0 bridgehead atoms. The number of nitrogens with two attached hydrogens (primary N) is 1. The lowest BCUT2D eigenvalue weighted by molar-refractivity contribution is 0.415. The van der Waals surface area contributed by atoms with Gasteiger partial charge < -0.3 is 9.75 Å². The minimum atomic E-state index is 0. The van der Waals surface area contributed by atoms with Crippen LogP contribution < -0.4 is 15.6 Å². The first-order valence-electron chi connectivity index (χ1n) is 5.60. The van der Waals surface area contributed by atoms with Gasteiger partial charge in [-0.25, -0.2) is 5.84 Å². The van der Waals surface area contributed by atoms with Crippen LogP contribution in [-0.2, 0) is 6.54 Å². The SMILES string of the molecule is COc1ccc(N(N)Cc2ccc(Cl)cc2)cc1.Cl. The topological polar surface area (TPSA) is 38.5 Å². The van der Waals surface area contributed by atoms with Gasteiger partial charge in [-0.3, -0.25) is 0 Å². The van der Waals surface area contributed by atoms with Crippen molar-refractivity contribution in [2.24, 2.45) is 5.84 Å². The van der Waals surface area contributed by atoms with Crippen LogP contribution in [0, 0.1) is 0 Å². The maximum absolute atomic E-state index is 6.02. The Kier molecular flexibility index (Phi) is 5.96. The molecule has 102 valence electrons. The Morgan fingerprint density at radius 3 is 2.16 bits per heavy atom. The van der Waals surface area contributed by atoms with E-state index in [-0.39, 0.29) is 12.4 Å². The minimum absolute atomic E-state index is 0. The van der Waals surface area contributed by atoms with Crippen LogP contribution in [0.1, 0.15) is 5.56 Å². The van der Waals surface area contributed by atoms with Crippen molar-refractivity contribution in [3.05, 3.63) is 59.1 Å². The van der Waals surface area contributed by atoms with Crippen molar-refractivity contribution in [2.75, 3.05) is 12.1 Å². The van der Waals surface area contributed by atoms with E-state index in [0.29, 0.717) is 6.54 Å². The van der Waals surface area contributed by atoms with Gasteiger partial charge >= 0.3 is 0 Å². The molecule has 0 atom stereocenters. The lowest BCUT2D eigenvalue weighted by atomic mass is 10.2. The van der Waals surface area contributed by atoms with Gasteiger partial charge in [-0.2, -0.15) is 0 Å². The van der Waals surface area contributed by atoms with Crippen LogP contribution in [-0.4, -0.2) is 7.11 Å². The molecule has 5 heteroatoms. The average Bonchev–Trinajstić information content (AvgIpc) is 2.41. The van der Waals surface area contributed by atoms with Crippen molar-refractivity contribution < 1.29 is 4.74 Å². The number of nitrogens with zero attached hydrogens (tertiary/aromatic N) is 1. The number of anilines is 1. The molecule has 0 fully saturated rings. The number of ether oxygens (including phenoxy) is 1. The summed E-state index contributed by atoms with van der Waals surface area (Å²) < 4.78 is 5.11. The number of halogens is 2. The van der Waals surface area contributed by atoms with E-state index in [1.165, 1.54) is 0 Å². The number of hydrogen-bond acceptors (Lipinski definition) is 3. The van der Waals surface area contributed by atoms with Crippen molar-refractivity contribution in [3.8, 4) is 5.75 Å². The highest BCUT2D eigenvalue weighted by Gasteiger charge is 2.03. The quantitative estimate of drug-likeness (QED) is 0.692. The highest BCUT2D eigenvalue weighted by Crippen LogP contribution is 2.19. The number of rotatable bonds is 4. The van der Waals surface area contributed by atoms with Crippen LogP contribution in [0.3, 0.4) is 0 Å². The molecule has 0 saturated carbocycles. The predicted molar refractivity (Wildman–Crippen MR) is 82.1 cm³/mol. The van der Waals surface area contributed by atoms with Crippen LogP contribution in [0.15, 0.2) is 48.5 Å². The molecule has 2 N–H and O–H groups in total. The fourth-order valence-electron chi connectivity index (χ4n) is 1.65. The second-order valence-electron chi connectivity index (χ2n) is 3.95. The van der Waals surface area contributed by atoms with E-state index in [1.54, 1.807) is 12.1 Å². The fraction of sp³-hybridized carbons (Fsp3) is 0.143. The molecule has 2 aromatic rings. The Morgan fingerprint density at radius 2 is 1.63 bits per heavy atom. The Morgan fingerprint density at radius 1 is 1.05 bits per heavy atom. The van der Waals surface area contributed by atoms with Crippen LogP contribution in [0.25, 0.3) is 0 Å². The third kappa shape index (κ3) is 4.31. The molecular formula is C14H16Cl2N2O. The zero-order valence-corrected chi connectivity index (χ0v) is 12.1. The fourth-order valence-corrected chi connectivity index (χ4v) is 1.78. The van der Waals surface area contributed by atoms with E-state index < -0.39 is 0 Å². The summed E-state index contributed by atoms with van der Waals surface area (Å²) in [4.78, 5) is 0. The summed E-state index contributed by atoms with van der Waals surface area (Å²) in [6, 6.07) is 15.3. The molecule has 0 aliphatic carbocycles. The van der Waals surface area contributed by atoms with Gasteiger partial charge in [0.15, 0.2) is 0 Å². The lowest BCUT2D eigenvalue weighted by Crippen LogP contribution is -2.29. The summed E-state index contributed by atoms with van der Waals surface area (Å²) in [5, 5.41) is 2.41. The van der Waals surface area contributed by atoms with Crippen LogP contribution in [0.2, 0.25) is 5.02 Å². The number of benzene rings is 2. The van der Waals surface area contributed by atoms with Crippen molar-refractivity contribution in [1.29, 1.82) is 0 Å². The van der Waals surface area contributed by atoms with E-state index in [9.17, 15) is 0 Å². The van der Waals surface area contributed by atoms with Gasteiger partial charge in [-0.1, -0.05) is 23.7 Å². The van der Waals surface area contributed by atoms with Gasteiger partial charge in [0.2, 0.25) is 0 Å². The molecule has 3 nitrogen and oxygen atoms in total. The smallest absolute Gasteiger partial charge is 0.119 e. The molecule has 2 aromatic carbocycles. The van der Waals surface area contributed by atoms with Gasteiger partial charge in [0.25, 0.3) is 0 Å². The normalized spacial score (nSPS) is 9.63. The zero-order chi connectivity index (χ0) is 13.0. The Bertz CT molecular complexity index is 500. The first-order chi connectivity index (χ1) is 8.69. The van der Waals surface area contributed by atoms with Gasteiger partial charge in [0, 0.05) is 5.02 Å². The average molecular weight is 299 g/mol. The molecule has 0 radical (unpaired) electrons. The Hall–Kier alpha value is -1.42. The number of hydrogen-bond donors (Lipinski definition) is 1. The largest absolute Gasteiger partial charge is 0.497 e. The van der Waals surface area contributed by atoms with Crippen LogP contribution >= 0.6 is 24.0 Å². The van der Waals surface area contributed by atoms with E-state index in [0.717, 1.165) is 22.0 Å². The van der Waals surface area contributed by atoms with E-state index in [1.807, 2.05) is 48.5 Å². The van der Waals surface area contributed by atoms with Crippen molar-refractivity contribution in [2.45, 2.75) is 6.54 Å². The summed E-state index contributed by atoms with van der Waals surface area (Å²) in [6.07, 6.45) is 0. The number of hydrazine groups is 1. The second kappa shape index (κ2) is 7.24. The molecule has 0 spiro atoms. The lowest BCUT2D eigenvalue weighted by Gasteiger charge is -2.19. The van der Waals surface area contributed by atoms with Crippen LogP contribution in [0.5, 0.6) is 5.75 Å². The Labute approximate surface area is 124 Å². The minimum Gasteiger partial charge on any atom is -0.497 e. The van der Waals surface area contributed by atoms with E-state index >= 15 is 0 Å². The summed E-state index contributed by atoms with van der Waals surface area (Å²) >= 11 is 5.84. The monoisotopic (exact) mass is 298 g/mol. The van der Waals surface area contributed by atoms with E-state index in [2.05, 4.69) is 0 Å². The first kappa shape index (κ1) is 15.6. The van der Waals surface area contributed by atoms with E-state index in [4.69, 9.17) is 22.2 Å². The van der Waals surface area contributed by atoms with Crippen molar-refractivity contribution in [3.63, 3.8) is 0 Å².